The Balaban J connectivity index is 2.68. The molecule has 1 aromatic rings. The average Bonchev–Trinajstić information content (AvgIpc) is 2.06. The molecule has 0 spiro atoms. The Morgan fingerprint density at radius 3 is 2.92 bits per heavy atom. The molecule has 0 bridgehead atoms. The van der Waals surface area contributed by atoms with Crippen molar-refractivity contribution in [1.82, 2.24) is 4.98 Å². The number of hydrogen-bond donors (Lipinski definition) is 0. The highest BCUT2D eigenvalue weighted by molar-refractivity contribution is 14.2. The zero-order valence-corrected chi connectivity index (χ0v) is 10.9. The summed E-state index contributed by atoms with van der Waals surface area (Å²) in [7, 11) is 1.33. The minimum Gasteiger partial charge on any atom is -0.296 e. The van der Waals surface area contributed by atoms with Crippen molar-refractivity contribution in [2.45, 2.75) is 13.0 Å². The van der Waals surface area contributed by atoms with Gasteiger partial charge in [0, 0.05) is 31.9 Å². The number of halogens is 2. The van der Waals surface area contributed by atoms with Gasteiger partial charge >= 0.3 is 0 Å². The molecule has 1 aromatic heterocycles. The molecule has 5 heteroatoms. The summed E-state index contributed by atoms with van der Waals surface area (Å²) in [4.78, 5) is 4.21. The third-order valence-corrected chi connectivity index (χ3v) is 2.80. The van der Waals surface area contributed by atoms with Crippen LogP contribution in [0.2, 0.25) is 0 Å². The van der Waals surface area contributed by atoms with Crippen molar-refractivity contribution in [1.29, 1.82) is 0 Å². The van der Waals surface area contributed by atoms with Gasteiger partial charge in [-0.2, -0.15) is 0 Å². The van der Waals surface area contributed by atoms with Gasteiger partial charge in [0.15, 0.2) is 0 Å². The summed E-state index contributed by atoms with van der Waals surface area (Å²) in [5.41, 5.74) is 0.947. The third kappa shape index (κ3) is 3.20. The molecule has 0 N–H and O–H groups in total. The molecule has 0 aliphatic carbocycles. The topological polar surface area (TPSA) is 22.1 Å². The minimum atomic E-state index is 0.0417. The van der Waals surface area contributed by atoms with E-state index in [4.69, 9.17) is 4.18 Å². The van der Waals surface area contributed by atoms with Crippen LogP contribution < -0.4 is 0 Å². The van der Waals surface area contributed by atoms with E-state index in [2.05, 4.69) is 42.1 Å². The normalized spacial score (nSPS) is 12.9. The molecule has 12 heavy (non-hydrogen) atoms. The summed E-state index contributed by atoms with van der Waals surface area (Å²) in [6.07, 6.45) is 1.81. The maximum absolute atomic E-state index is 5.29. The lowest BCUT2D eigenvalue weighted by Gasteiger charge is -2.07. The van der Waals surface area contributed by atoms with Gasteiger partial charge in [-0.3, -0.25) is 9.17 Å². The lowest BCUT2D eigenvalue weighted by Crippen LogP contribution is -1.95. The molecular formula is C7H7BrINOS. The fraction of sp³-hybridized carbons (Fsp3) is 0.286. The van der Waals surface area contributed by atoms with Gasteiger partial charge < -0.3 is 0 Å². The Hall–Kier alpha value is 0.670. The molecule has 0 aromatic carbocycles. The lowest BCUT2D eigenvalue weighted by atomic mass is 10.2. The van der Waals surface area contributed by atoms with E-state index in [1.54, 1.807) is 6.20 Å². The van der Waals surface area contributed by atoms with Crippen molar-refractivity contribution in [3.05, 3.63) is 28.5 Å². The number of aromatic nitrogens is 1. The van der Waals surface area contributed by atoms with E-state index in [1.807, 2.05) is 19.1 Å². The Morgan fingerprint density at radius 2 is 2.42 bits per heavy atom. The monoisotopic (exact) mass is 359 g/mol. The molecule has 0 radical (unpaired) electrons. The molecule has 0 aliphatic rings. The number of rotatable bonds is 3. The molecule has 1 unspecified atom stereocenters. The van der Waals surface area contributed by atoms with E-state index in [-0.39, 0.29) is 6.10 Å². The number of hydrogen-bond acceptors (Lipinski definition) is 3. The van der Waals surface area contributed by atoms with E-state index >= 15 is 0 Å². The maximum Gasteiger partial charge on any atom is 0.112 e. The Kier molecular flexibility index (Phi) is 4.85. The molecule has 0 fully saturated rings. The first-order valence-electron chi connectivity index (χ1n) is 3.29. The van der Waals surface area contributed by atoms with Gasteiger partial charge in [-0.05, 0) is 35.0 Å². The van der Waals surface area contributed by atoms with Gasteiger partial charge in [0.2, 0.25) is 0 Å². The third-order valence-electron chi connectivity index (χ3n) is 1.35. The quantitative estimate of drug-likeness (QED) is 0.603. The molecule has 66 valence electrons. The molecule has 1 atom stereocenters. The summed E-state index contributed by atoms with van der Waals surface area (Å²) >= 11 is 5.42. The first-order valence-corrected chi connectivity index (χ1v) is 7.37. The Bertz CT molecular complexity index is 244. The van der Waals surface area contributed by atoms with Gasteiger partial charge in [-0.25, -0.2) is 0 Å². The van der Waals surface area contributed by atoms with Crippen LogP contribution in [0.4, 0.5) is 0 Å². The number of nitrogens with zero attached hydrogens (tertiary/aromatic N) is 1. The second-order valence-corrected chi connectivity index (χ2v) is 4.52. The van der Waals surface area contributed by atoms with Gasteiger partial charge in [-0.15, -0.1) is 0 Å². The molecule has 1 heterocycles. The zero-order valence-electron chi connectivity index (χ0n) is 6.33. The van der Waals surface area contributed by atoms with E-state index < -0.39 is 0 Å². The van der Waals surface area contributed by atoms with Crippen molar-refractivity contribution >= 4 is 46.3 Å². The van der Waals surface area contributed by atoms with Gasteiger partial charge in [-0.1, -0.05) is 0 Å². The van der Waals surface area contributed by atoms with Gasteiger partial charge in [0.1, 0.15) is 6.10 Å². The van der Waals surface area contributed by atoms with Crippen LogP contribution in [-0.2, 0) is 4.18 Å². The summed E-state index contributed by atoms with van der Waals surface area (Å²) < 4.78 is 6.28. The van der Waals surface area contributed by atoms with Crippen LogP contribution in [0.1, 0.15) is 18.7 Å². The van der Waals surface area contributed by atoms with Crippen molar-refractivity contribution in [2.75, 3.05) is 0 Å². The van der Waals surface area contributed by atoms with Crippen LogP contribution in [0.15, 0.2) is 22.8 Å². The van der Waals surface area contributed by atoms with Crippen LogP contribution in [0, 0.1) is 0 Å². The predicted molar refractivity (Wildman–Crippen MR) is 63.0 cm³/mol. The fourth-order valence-corrected chi connectivity index (χ4v) is 2.11. The van der Waals surface area contributed by atoms with Crippen molar-refractivity contribution < 1.29 is 4.18 Å². The summed E-state index contributed by atoms with van der Waals surface area (Å²) in [6, 6.07) is 3.90. The summed E-state index contributed by atoms with van der Waals surface area (Å²) in [5, 5.41) is 0. The Labute approximate surface area is 96.4 Å². The van der Waals surface area contributed by atoms with Gasteiger partial charge in [0.25, 0.3) is 0 Å². The fourth-order valence-electron chi connectivity index (χ4n) is 0.732. The van der Waals surface area contributed by atoms with Crippen molar-refractivity contribution in [3.63, 3.8) is 0 Å². The highest BCUT2D eigenvalue weighted by Gasteiger charge is 2.06. The summed E-state index contributed by atoms with van der Waals surface area (Å²) in [5.74, 6) is 0. The van der Waals surface area contributed by atoms with E-state index in [9.17, 15) is 0 Å². The average molecular weight is 360 g/mol. The van der Waals surface area contributed by atoms with Crippen LogP contribution in [-0.4, -0.2) is 4.98 Å². The van der Waals surface area contributed by atoms with Crippen LogP contribution >= 0.6 is 46.3 Å². The standard InChI is InChI=1S/C7H7BrINOS/c1-5(11-12-9)7-3-2-6(8)4-10-7/h2-5H,1H3. The number of pyridine rings is 1. The second-order valence-electron chi connectivity index (χ2n) is 2.20. The van der Waals surface area contributed by atoms with Crippen LogP contribution in [0.3, 0.4) is 0 Å². The minimum absolute atomic E-state index is 0.0417. The highest BCUT2D eigenvalue weighted by atomic mass is 127. The molecular weight excluding hydrogens is 353 g/mol. The SMILES string of the molecule is CC(OSI)c1ccc(Br)cn1. The van der Waals surface area contributed by atoms with Gasteiger partial charge in [0.05, 0.1) is 14.9 Å². The van der Waals surface area contributed by atoms with E-state index in [0.29, 0.717) is 0 Å². The summed E-state index contributed by atoms with van der Waals surface area (Å²) in [6.45, 7) is 1.97. The molecule has 0 saturated heterocycles. The molecule has 0 amide bonds. The molecule has 2 nitrogen and oxygen atoms in total. The van der Waals surface area contributed by atoms with Crippen LogP contribution in [0.5, 0.6) is 0 Å². The van der Waals surface area contributed by atoms with Crippen LogP contribution in [0.25, 0.3) is 0 Å². The highest BCUT2D eigenvalue weighted by Crippen LogP contribution is 2.25. The second kappa shape index (κ2) is 5.41. The Morgan fingerprint density at radius 1 is 1.67 bits per heavy atom. The molecule has 0 aliphatic heterocycles. The molecule has 1 rings (SSSR count). The van der Waals surface area contributed by atoms with E-state index in [1.165, 1.54) is 9.21 Å². The van der Waals surface area contributed by atoms with Crippen molar-refractivity contribution in [2.24, 2.45) is 0 Å². The first kappa shape index (κ1) is 10.7. The first-order chi connectivity index (χ1) is 5.74. The smallest absolute Gasteiger partial charge is 0.112 e. The zero-order chi connectivity index (χ0) is 8.97. The van der Waals surface area contributed by atoms with E-state index in [0.717, 1.165) is 10.2 Å². The largest absolute Gasteiger partial charge is 0.296 e. The predicted octanol–water partition coefficient (Wildman–Crippen LogP) is 3.92. The maximum atomic E-state index is 5.29. The molecule has 0 saturated carbocycles. The van der Waals surface area contributed by atoms with Crippen molar-refractivity contribution in [3.8, 4) is 0 Å². The lowest BCUT2D eigenvalue weighted by molar-refractivity contribution is 0.272.